The number of ether oxygens (including phenoxy) is 1. The molecule has 0 aliphatic carbocycles. The molecule has 0 aromatic heterocycles. The second-order valence-corrected chi connectivity index (χ2v) is 6.98. The minimum atomic E-state index is -0.324. The van der Waals surface area contributed by atoms with E-state index in [2.05, 4.69) is 23.1 Å². The summed E-state index contributed by atoms with van der Waals surface area (Å²) in [4.78, 5) is 17.5. The summed E-state index contributed by atoms with van der Waals surface area (Å²) in [5.74, 6) is -0.354. The molecule has 0 N–H and O–H groups in total. The molecule has 0 spiro atoms. The number of halogens is 1. The van der Waals surface area contributed by atoms with E-state index in [0.717, 1.165) is 39.3 Å². The quantitative estimate of drug-likeness (QED) is 0.850. The fourth-order valence-corrected chi connectivity index (χ4v) is 3.83. The van der Waals surface area contributed by atoms with Crippen molar-refractivity contribution in [2.45, 2.75) is 19.0 Å². The molecule has 136 valence electrons. The number of benzene rings is 2. The highest BCUT2D eigenvalue weighted by Crippen LogP contribution is 2.26. The third-order valence-electron chi connectivity index (χ3n) is 5.28. The number of morpholine rings is 1. The van der Waals surface area contributed by atoms with Gasteiger partial charge in [-0.1, -0.05) is 24.3 Å². The average molecular weight is 354 g/mol. The molecule has 0 unspecified atom stereocenters. The number of carbonyl (C=O) groups is 1. The van der Waals surface area contributed by atoms with E-state index in [-0.39, 0.29) is 17.8 Å². The van der Waals surface area contributed by atoms with Crippen molar-refractivity contribution in [1.82, 2.24) is 9.80 Å². The normalized spacial score (nSPS) is 20.7. The van der Waals surface area contributed by atoms with E-state index in [4.69, 9.17) is 4.74 Å². The molecule has 1 atom stereocenters. The number of carbonyl (C=O) groups excluding carboxylic acids is 1. The lowest BCUT2D eigenvalue weighted by atomic mass is 9.93. The van der Waals surface area contributed by atoms with Crippen LogP contribution in [0.5, 0.6) is 0 Å². The van der Waals surface area contributed by atoms with Gasteiger partial charge in [0.1, 0.15) is 5.82 Å². The van der Waals surface area contributed by atoms with E-state index in [1.165, 1.54) is 23.3 Å². The highest BCUT2D eigenvalue weighted by Gasteiger charge is 2.31. The zero-order chi connectivity index (χ0) is 17.9. The Labute approximate surface area is 153 Å². The molecule has 2 aliphatic heterocycles. The average Bonchev–Trinajstić information content (AvgIpc) is 2.68. The van der Waals surface area contributed by atoms with E-state index in [9.17, 15) is 9.18 Å². The second kappa shape index (κ2) is 7.56. The van der Waals surface area contributed by atoms with Crippen molar-refractivity contribution in [3.05, 3.63) is 71.0 Å². The van der Waals surface area contributed by atoms with Gasteiger partial charge in [0.2, 0.25) is 0 Å². The van der Waals surface area contributed by atoms with Gasteiger partial charge < -0.3 is 9.64 Å². The van der Waals surface area contributed by atoms with Crippen LogP contribution in [0.1, 0.15) is 21.5 Å². The lowest BCUT2D eigenvalue weighted by Gasteiger charge is -2.40. The summed E-state index contributed by atoms with van der Waals surface area (Å²) in [5.41, 5.74) is 3.05. The van der Waals surface area contributed by atoms with Crippen LogP contribution in [0.2, 0.25) is 0 Å². The summed E-state index contributed by atoms with van der Waals surface area (Å²) in [6.07, 6.45) is 0.848. The molecule has 1 fully saturated rings. The molecule has 0 bridgehead atoms. The molecule has 4 nitrogen and oxygen atoms in total. The fraction of sp³-hybridized carbons (Fsp3) is 0.381. The van der Waals surface area contributed by atoms with Crippen molar-refractivity contribution in [1.29, 1.82) is 0 Å². The summed E-state index contributed by atoms with van der Waals surface area (Å²) in [7, 11) is 0. The Morgan fingerprint density at radius 1 is 1.04 bits per heavy atom. The van der Waals surface area contributed by atoms with E-state index in [1.807, 2.05) is 11.0 Å². The first kappa shape index (κ1) is 17.2. The smallest absolute Gasteiger partial charge is 0.254 e. The van der Waals surface area contributed by atoms with Crippen LogP contribution in [0.25, 0.3) is 0 Å². The predicted molar refractivity (Wildman–Crippen MR) is 97.5 cm³/mol. The number of hydrogen-bond acceptors (Lipinski definition) is 3. The van der Waals surface area contributed by atoms with Crippen molar-refractivity contribution in [3.8, 4) is 0 Å². The molecule has 26 heavy (non-hydrogen) atoms. The SMILES string of the molecule is O=C(c1ccc(F)cc1)N1Cc2ccccc2C[C@H]1CN1CCOCC1. The molecular formula is C21H23FN2O2. The Hall–Kier alpha value is -2.24. The molecule has 0 radical (unpaired) electrons. The molecule has 1 saturated heterocycles. The zero-order valence-corrected chi connectivity index (χ0v) is 14.7. The van der Waals surface area contributed by atoms with Gasteiger partial charge in [0.25, 0.3) is 5.91 Å². The minimum absolute atomic E-state index is 0.0298. The number of amides is 1. The van der Waals surface area contributed by atoms with E-state index in [1.54, 1.807) is 12.1 Å². The van der Waals surface area contributed by atoms with Gasteiger partial charge in [-0.3, -0.25) is 9.69 Å². The Kier molecular flexibility index (Phi) is 5.00. The van der Waals surface area contributed by atoms with E-state index >= 15 is 0 Å². The summed E-state index contributed by atoms with van der Waals surface area (Å²) >= 11 is 0. The van der Waals surface area contributed by atoms with E-state index in [0.29, 0.717) is 12.1 Å². The number of nitrogens with zero attached hydrogens (tertiary/aromatic N) is 2. The molecule has 5 heteroatoms. The Morgan fingerprint density at radius 2 is 1.73 bits per heavy atom. The molecule has 1 amide bonds. The maximum Gasteiger partial charge on any atom is 0.254 e. The van der Waals surface area contributed by atoms with Gasteiger partial charge >= 0.3 is 0 Å². The van der Waals surface area contributed by atoms with Crippen molar-refractivity contribution in [3.63, 3.8) is 0 Å². The van der Waals surface area contributed by atoms with Crippen molar-refractivity contribution < 1.29 is 13.9 Å². The summed E-state index contributed by atoms with van der Waals surface area (Å²) in [5, 5.41) is 0. The van der Waals surface area contributed by atoms with Crippen LogP contribution in [0.3, 0.4) is 0 Å². The van der Waals surface area contributed by atoms with Gasteiger partial charge in [-0.05, 0) is 41.8 Å². The minimum Gasteiger partial charge on any atom is -0.379 e. The number of fused-ring (bicyclic) bond motifs is 1. The molecule has 4 rings (SSSR count). The fourth-order valence-electron chi connectivity index (χ4n) is 3.83. The van der Waals surface area contributed by atoms with Crippen LogP contribution >= 0.6 is 0 Å². The predicted octanol–water partition coefficient (Wildman–Crippen LogP) is 2.73. The number of rotatable bonds is 3. The second-order valence-electron chi connectivity index (χ2n) is 6.98. The van der Waals surface area contributed by atoms with Crippen molar-refractivity contribution >= 4 is 5.91 Å². The first-order chi connectivity index (χ1) is 12.7. The molecule has 0 saturated carbocycles. The third-order valence-corrected chi connectivity index (χ3v) is 5.28. The summed E-state index contributed by atoms with van der Waals surface area (Å²) in [6, 6.07) is 14.3. The van der Waals surface area contributed by atoms with Gasteiger partial charge in [0.15, 0.2) is 0 Å². The highest BCUT2D eigenvalue weighted by molar-refractivity contribution is 5.94. The Balaban J connectivity index is 1.59. The summed E-state index contributed by atoms with van der Waals surface area (Å²) < 4.78 is 18.7. The van der Waals surface area contributed by atoms with Crippen molar-refractivity contribution in [2.24, 2.45) is 0 Å². The standard InChI is InChI=1S/C21H23FN2O2/c22-19-7-5-16(6-8-19)21(25)24-14-18-4-2-1-3-17(18)13-20(24)15-23-9-11-26-12-10-23/h1-8,20H,9-15H2/t20-/m0/s1. The monoisotopic (exact) mass is 354 g/mol. The van der Waals surface area contributed by atoms with Gasteiger partial charge in [-0.2, -0.15) is 0 Å². The van der Waals surface area contributed by atoms with Crippen LogP contribution in [-0.4, -0.2) is 54.6 Å². The van der Waals surface area contributed by atoms with Gasteiger partial charge in [-0.25, -0.2) is 4.39 Å². The van der Waals surface area contributed by atoms with Crippen LogP contribution in [0, 0.1) is 5.82 Å². The lowest BCUT2D eigenvalue weighted by molar-refractivity contribution is 0.0193. The van der Waals surface area contributed by atoms with Gasteiger partial charge in [-0.15, -0.1) is 0 Å². The Morgan fingerprint density at radius 3 is 2.46 bits per heavy atom. The van der Waals surface area contributed by atoms with Crippen LogP contribution in [-0.2, 0) is 17.7 Å². The topological polar surface area (TPSA) is 32.8 Å². The first-order valence-corrected chi connectivity index (χ1v) is 9.14. The summed E-state index contributed by atoms with van der Waals surface area (Å²) in [6.45, 7) is 4.73. The Bertz CT molecular complexity index is 772. The maximum absolute atomic E-state index is 13.2. The van der Waals surface area contributed by atoms with Gasteiger partial charge in [0, 0.05) is 37.8 Å². The lowest BCUT2D eigenvalue weighted by Crippen LogP contribution is -2.52. The van der Waals surface area contributed by atoms with Crippen molar-refractivity contribution in [2.75, 3.05) is 32.8 Å². The highest BCUT2D eigenvalue weighted by atomic mass is 19.1. The molecule has 2 aliphatic rings. The molecular weight excluding hydrogens is 331 g/mol. The van der Waals surface area contributed by atoms with Crippen LogP contribution in [0.15, 0.2) is 48.5 Å². The third kappa shape index (κ3) is 3.64. The molecule has 2 aromatic rings. The zero-order valence-electron chi connectivity index (χ0n) is 14.7. The first-order valence-electron chi connectivity index (χ1n) is 9.14. The maximum atomic E-state index is 13.2. The largest absolute Gasteiger partial charge is 0.379 e. The molecule has 2 aromatic carbocycles. The van der Waals surface area contributed by atoms with Crippen LogP contribution in [0.4, 0.5) is 4.39 Å². The number of hydrogen-bond donors (Lipinski definition) is 0. The van der Waals surface area contributed by atoms with Crippen LogP contribution < -0.4 is 0 Å². The molecule has 2 heterocycles. The van der Waals surface area contributed by atoms with E-state index < -0.39 is 0 Å². The van der Waals surface area contributed by atoms with Gasteiger partial charge in [0.05, 0.1) is 13.2 Å².